The van der Waals surface area contributed by atoms with Gasteiger partial charge in [-0.1, -0.05) is 12.5 Å². The maximum absolute atomic E-state index is 13.2. The summed E-state index contributed by atoms with van der Waals surface area (Å²) in [5.74, 6) is -0.614. The van der Waals surface area contributed by atoms with Crippen molar-refractivity contribution in [2.24, 2.45) is 7.05 Å². The third-order valence-electron chi connectivity index (χ3n) is 5.65. The van der Waals surface area contributed by atoms with Gasteiger partial charge in [0.1, 0.15) is 15.7 Å². The molecule has 3 heterocycles. The molecule has 1 amide bonds. The number of hydrogen-bond acceptors (Lipinski definition) is 5. The number of aromatic nitrogens is 2. The first-order valence-electron chi connectivity index (χ1n) is 10.5. The summed E-state index contributed by atoms with van der Waals surface area (Å²) in [6.07, 6.45) is 3.13. The van der Waals surface area contributed by atoms with E-state index in [0.717, 1.165) is 24.8 Å². The van der Waals surface area contributed by atoms with E-state index in [1.807, 2.05) is 0 Å². The second-order valence-corrected chi connectivity index (χ2v) is 10.9. The number of carbonyl (C=O) groups excluding carboxylic acids is 1. The van der Waals surface area contributed by atoms with E-state index in [9.17, 15) is 17.6 Å². The highest BCUT2D eigenvalue weighted by molar-refractivity contribution is 7.91. The summed E-state index contributed by atoms with van der Waals surface area (Å²) >= 11 is 1.22. The van der Waals surface area contributed by atoms with Crippen LogP contribution in [0.15, 0.2) is 52.1 Å². The molecule has 7 nitrogen and oxygen atoms in total. The first-order chi connectivity index (χ1) is 15.4. The Labute approximate surface area is 190 Å². The third-order valence-corrected chi connectivity index (χ3v) is 8.97. The molecule has 0 bridgehead atoms. The molecule has 4 rings (SSSR count). The normalized spacial score (nSPS) is 17.4. The van der Waals surface area contributed by atoms with Crippen LogP contribution < -0.4 is 5.32 Å². The van der Waals surface area contributed by atoms with Crippen LogP contribution in [-0.4, -0.2) is 47.5 Å². The summed E-state index contributed by atoms with van der Waals surface area (Å²) in [7, 11) is -1.83. The van der Waals surface area contributed by atoms with Gasteiger partial charge in [-0.2, -0.15) is 9.40 Å². The third kappa shape index (κ3) is 4.77. The zero-order valence-electron chi connectivity index (χ0n) is 17.7. The van der Waals surface area contributed by atoms with Crippen molar-refractivity contribution in [3.63, 3.8) is 0 Å². The molecule has 0 spiro atoms. The number of benzene rings is 1. The lowest BCUT2D eigenvalue weighted by molar-refractivity contribution is 0.0940. The minimum Gasteiger partial charge on any atom is -0.351 e. The molecular formula is C22H25FN4O3S2. The molecule has 0 radical (unpaired) electrons. The van der Waals surface area contributed by atoms with Gasteiger partial charge in [0.2, 0.25) is 0 Å². The SMILES string of the molecule is Cn1nc(-c2ccc(F)cc2)cc1C(=O)NCCC1CCCCN1S(=O)(=O)c1cccs1. The lowest BCUT2D eigenvalue weighted by Gasteiger charge is -2.34. The summed E-state index contributed by atoms with van der Waals surface area (Å²) < 4.78 is 42.6. The van der Waals surface area contributed by atoms with E-state index in [2.05, 4.69) is 10.4 Å². The van der Waals surface area contributed by atoms with Crippen molar-refractivity contribution < 1.29 is 17.6 Å². The van der Waals surface area contributed by atoms with Crippen molar-refractivity contribution in [3.8, 4) is 11.3 Å². The maximum atomic E-state index is 13.2. The number of carbonyl (C=O) groups is 1. The fraction of sp³-hybridized carbons (Fsp3) is 0.364. The van der Waals surface area contributed by atoms with Crippen LogP contribution in [0.3, 0.4) is 0 Å². The van der Waals surface area contributed by atoms with E-state index >= 15 is 0 Å². The van der Waals surface area contributed by atoms with Crippen molar-refractivity contribution in [2.75, 3.05) is 13.1 Å². The molecule has 1 saturated heterocycles. The summed E-state index contributed by atoms with van der Waals surface area (Å²) in [4.78, 5) is 12.7. The number of nitrogens with one attached hydrogen (secondary N) is 1. The fourth-order valence-corrected chi connectivity index (χ4v) is 6.83. The van der Waals surface area contributed by atoms with Crippen LogP contribution in [0.5, 0.6) is 0 Å². The first-order valence-corrected chi connectivity index (χ1v) is 12.8. The van der Waals surface area contributed by atoms with Gasteiger partial charge in [0.05, 0.1) is 5.69 Å². The molecule has 10 heteroatoms. The van der Waals surface area contributed by atoms with E-state index in [-0.39, 0.29) is 17.8 Å². The summed E-state index contributed by atoms with van der Waals surface area (Å²) in [5, 5.41) is 9.00. The molecule has 3 aromatic rings. The van der Waals surface area contributed by atoms with Gasteiger partial charge < -0.3 is 5.32 Å². The predicted octanol–water partition coefficient (Wildman–Crippen LogP) is 3.65. The summed E-state index contributed by atoms with van der Waals surface area (Å²) in [6, 6.07) is 10.8. The van der Waals surface area contributed by atoms with Crippen molar-refractivity contribution in [1.82, 2.24) is 19.4 Å². The molecule has 2 aromatic heterocycles. The monoisotopic (exact) mass is 476 g/mol. The minimum atomic E-state index is -3.51. The lowest BCUT2D eigenvalue weighted by Crippen LogP contribution is -2.45. The van der Waals surface area contributed by atoms with E-state index in [4.69, 9.17) is 0 Å². The minimum absolute atomic E-state index is 0.141. The Morgan fingerprint density at radius 1 is 1.25 bits per heavy atom. The smallest absolute Gasteiger partial charge is 0.269 e. The number of aryl methyl sites for hydroxylation is 1. The Morgan fingerprint density at radius 2 is 2.03 bits per heavy atom. The Hall–Kier alpha value is -2.56. The highest BCUT2D eigenvalue weighted by atomic mass is 32.2. The fourth-order valence-electron chi connectivity index (χ4n) is 3.99. The topological polar surface area (TPSA) is 84.3 Å². The van der Waals surface area contributed by atoms with Crippen LogP contribution in [0.1, 0.15) is 36.2 Å². The number of nitrogens with zero attached hydrogens (tertiary/aromatic N) is 3. The molecular weight excluding hydrogens is 451 g/mol. The summed E-state index contributed by atoms with van der Waals surface area (Å²) in [5.41, 5.74) is 1.69. The molecule has 0 saturated carbocycles. The Kier molecular flexibility index (Phi) is 6.73. The van der Waals surface area contributed by atoms with Crippen LogP contribution in [0.2, 0.25) is 0 Å². The average molecular weight is 477 g/mol. The zero-order chi connectivity index (χ0) is 22.7. The summed E-state index contributed by atoms with van der Waals surface area (Å²) in [6.45, 7) is 0.860. The van der Waals surface area contributed by atoms with Crippen molar-refractivity contribution in [3.05, 3.63) is 59.4 Å². The van der Waals surface area contributed by atoms with Gasteiger partial charge in [-0.3, -0.25) is 9.48 Å². The Bertz CT molecular complexity index is 1170. The van der Waals surface area contributed by atoms with E-state index in [1.54, 1.807) is 47.1 Å². The van der Waals surface area contributed by atoms with Crippen LogP contribution >= 0.6 is 11.3 Å². The van der Waals surface area contributed by atoms with Gasteiger partial charge in [-0.15, -0.1) is 11.3 Å². The number of hydrogen-bond donors (Lipinski definition) is 1. The average Bonchev–Trinajstić information content (AvgIpc) is 3.45. The second kappa shape index (κ2) is 9.51. The van der Waals surface area contributed by atoms with Gasteiger partial charge in [0.25, 0.3) is 15.9 Å². The number of halogens is 1. The van der Waals surface area contributed by atoms with Gasteiger partial charge in [-0.05, 0) is 61.0 Å². The molecule has 32 heavy (non-hydrogen) atoms. The Balaban J connectivity index is 1.39. The van der Waals surface area contributed by atoms with Crippen LogP contribution in [-0.2, 0) is 17.1 Å². The highest BCUT2D eigenvalue weighted by Gasteiger charge is 2.33. The Morgan fingerprint density at radius 3 is 2.75 bits per heavy atom. The molecule has 1 unspecified atom stereocenters. The molecule has 1 aliphatic rings. The first kappa shape index (κ1) is 22.6. The van der Waals surface area contributed by atoms with Gasteiger partial charge >= 0.3 is 0 Å². The van der Waals surface area contributed by atoms with Crippen molar-refractivity contribution in [1.29, 1.82) is 0 Å². The van der Waals surface area contributed by atoms with E-state index in [0.29, 0.717) is 35.1 Å². The molecule has 1 aromatic carbocycles. The number of thiophene rings is 1. The van der Waals surface area contributed by atoms with Crippen LogP contribution in [0.25, 0.3) is 11.3 Å². The van der Waals surface area contributed by atoms with Gasteiger partial charge in [-0.25, -0.2) is 12.8 Å². The van der Waals surface area contributed by atoms with E-state index < -0.39 is 10.0 Å². The highest BCUT2D eigenvalue weighted by Crippen LogP contribution is 2.29. The van der Waals surface area contributed by atoms with Gasteiger partial charge in [0, 0.05) is 31.7 Å². The molecule has 170 valence electrons. The van der Waals surface area contributed by atoms with Crippen molar-refractivity contribution in [2.45, 2.75) is 35.9 Å². The number of rotatable bonds is 7. The van der Waals surface area contributed by atoms with Crippen LogP contribution in [0.4, 0.5) is 4.39 Å². The van der Waals surface area contributed by atoms with E-state index in [1.165, 1.54) is 28.2 Å². The molecule has 0 aliphatic carbocycles. The standard InChI is InChI=1S/C22H25FN4O3S2/c1-26-20(15-19(25-26)16-7-9-17(23)10-8-16)22(28)24-12-11-18-5-2-3-13-27(18)32(29,30)21-6-4-14-31-21/h4,6-10,14-15,18H,2-3,5,11-13H2,1H3,(H,24,28). The number of piperidine rings is 1. The molecule has 1 N–H and O–H groups in total. The molecule has 1 fully saturated rings. The lowest BCUT2D eigenvalue weighted by atomic mass is 10.0. The van der Waals surface area contributed by atoms with Crippen molar-refractivity contribution >= 4 is 27.3 Å². The second-order valence-electron chi connectivity index (χ2n) is 7.79. The number of amides is 1. The van der Waals surface area contributed by atoms with Crippen LogP contribution in [0, 0.1) is 5.82 Å². The van der Waals surface area contributed by atoms with Gasteiger partial charge in [0.15, 0.2) is 0 Å². The quantitative estimate of drug-likeness (QED) is 0.564. The largest absolute Gasteiger partial charge is 0.351 e. The predicted molar refractivity (Wildman–Crippen MR) is 121 cm³/mol. The maximum Gasteiger partial charge on any atom is 0.269 e. The number of sulfonamides is 1. The molecule has 1 aliphatic heterocycles. The molecule has 1 atom stereocenters. The zero-order valence-corrected chi connectivity index (χ0v) is 19.3.